The van der Waals surface area contributed by atoms with Crippen molar-refractivity contribution in [2.24, 2.45) is 0 Å². The van der Waals surface area contributed by atoms with Crippen molar-refractivity contribution in [2.45, 2.75) is 6.42 Å². The first-order chi connectivity index (χ1) is 7.40. The maximum Gasteiger partial charge on any atom is 0.0899 e. The zero-order chi connectivity index (χ0) is 10.5. The van der Waals surface area contributed by atoms with E-state index in [0.717, 1.165) is 16.6 Å². The summed E-state index contributed by atoms with van der Waals surface area (Å²) in [5.74, 6) is 6.59. The van der Waals surface area contributed by atoms with Crippen molar-refractivity contribution in [1.29, 1.82) is 0 Å². The number of aromatic nitrogens is 2. The summed E-state index contributed by atoms with van der Waals surface area (Å²) >= 11 is 5.54. The Balaban J connectivity index is 2.36. The van der Waals surface area contributed by atoms with E-state index in [-0.39, 0.29) is 0 Å². The molecule has 3 heteroatoms. The smallest absolute Gasteiger partial charge is 0.0899 e. The van der Waals surface area contributed by atoms with E-state index in [9.17, 15) is 0 Å². The van der Waals surface area contributed by atoms with Gasteiger partial charge in [0.15, 0.2) is 0 Å². The Morgan fingerprint density at radius 1 is 1.13 bits per heavy atom. The fraction of sp³-hybridized carbons (Fsp3) is 0.167. The van der Waals surface area contributed by atoms with Crippen LogP contribution in [0.2, 0.25) is 0 Å². The Kier molecular flexibility index (Phi) is 3.16. The predicted molar refractivity (Wildman–Crippen MR) is 61.8 cm³/mol. The molecule has 0 fully saturated rings. The van der Waals surface area contributed by atoms with E-state index in [2.05, 4.69) is 21.8 Å². The molecule has 2 rings (SSSR count). The third-order valence-corrected chi connectivity index (χ3v) is 2.11. The summed E-state index contributed by atoms with van der Waals surface area (Å²) in [5, 5.41) is 0. The second-order valence-corrected chi connectivity index (χ2v) is 3.38. The first-order valence-corrected chi connectivity index (χ1v) is 5.19. The number of hydrogen-bond donors (Lipinski definition) is 0. The normalized spacial score (nSPS) is 9.67. The maximum absolute atomic E-state index is 5.54. The Bertz CT molecular complexity index is 526. The molecule has 1 heterocycles. The first-order valence-electron chi connectivity index (χ1n) is 4.66. The van der Waals surface area contributed by atoms with Crippen LogP contribution in [0.5, 0.6) is 0 Å². The molecule has 0 aliphatic carbocycles. The van der Waals surface area contributed by atoms with Crippen LogP contribution in [0, 0.1) is 11.8 Å². The summed E-state index contributed by atoms with van der Waals surface area (Å²) in [6.45, 7) is 0. The molecule has 1 aromatic heterocycles. The molecular weight excluding hydrogens is 208 g/mol. The largest absolute Gasteiger partial charge is 0.253 e. The highest BCUT2D eigenvalue weighted by Gasteiger charge is 1.94. The van der Waals surface area contributed by atoms with Gasteiger partial charge < -0.3 is 0 Å². The van der Waals surface area contributed by atoms with Crippen LogP contribution in [-0.2, 0) is 0 Å². The molecule has 0 saturated heterocycles. The Labute approximate surface area is 93.3 Å². The third kappa shape index (κ3) is 2.45. The Morgan fingerprint density at radius 2 is 1.93 bits per heavy atom. The fourth-order valence-electron chi connectivity index (χ4n) is 1.25. The summed E-state index contributed by atoms with van der Waals surface area (Å²) < 4.78 is 0. The molecule has 0 saturated carbocycles. The summed E-state index contributed by atoms with van der Waals surface area (Å²) in [6, 6.07) is 5.80. The van der Waals surface area contributed by atoms with Crippen LogP contribution in [-0.4, -0.2) is 15.8 Å². The highest BCUT2D eigenvalue weighted by atomic mass is 35.5. The van der Waals surface area contributed by atoms with Gasteiger partial charge in [0.1, 0.15) is 0 Å². The molecule has 0 atom stereocenters. The highest BCUT2D eigenvalue weighted by Crippen LogP contribution is 2.09. The maximum atomic E-state index is 5.54. The van der Waals surface area contributed by atoms with Gasteiger partial charge >= 0.3 is 0 Å². The van der Waals surface area contributed by atoms with E-state index in [1.165, 1.54) is 0 Å². The molecular formula is C12H9ClN2. The molecule has 1 aromatic carbocycles. The minimum atomic E-state index is 0.570. The van der Waals surface area contributed by atoms with Crippen LogP contribution >= 0.6 is 11.6 Å². The summed E-state index contributed by atoms with van der Waals surface area (Å²) in [4.78, 5) is 8.40. The van der Waals surface area contributed by atoms with Crippen molar-refractivity contribution in [3.05, 3.63) is 36.2 Å². The number of nitrogens with zero attached hydrogens (tertiary/aromatic N) is 2. The minimum absolute atomic E-state index is 0.570. The quantitative estimate of drug-likeness (QED) is 0.541. The lowest BCUT2D eigenvalue weighted by molar-refractivity contribution is 1.28. The van der Waals surface area contributed by atoms with Crippen molar-refractivity contribution in [3.8, 4) is 11.8 Å². The number of hydrogen-bond acceptors (Lipinski definition) is 2. The highest BCUT2D eigenvalue weighted by molar-refractivity contribution is 6.18. The van der Waals surface area contributed by atoms with Crippen LogP contribution in [0.4, 0.5) is 0 Å². The van der Waals surface area contributed by atoms with E-state index < -0.39 is 0 Å². The summed E-state index contributed by atoms with van der Waals surface area (Å²) in [5.41, 5.74) is 2.71. The van der Waals surface area contributed by atoms with E-state index >= 15 is 0 Å². The van der Waals surface area contributed by atoms with Gasteiger partial charge in [-0.1, -0.05) is 11.8 Å². The number of halogens is 1. The van der Waals surface area contributed by atoms with E-state index in [0.29, 0.717) is 12.3 Å². The molecule has 0 aliphatic rings. The standard InChI is InChI=1S/C12H9ClN2/c13-6-2-1-3-10-4-5-11-12(9-10)15-8-7-14-11/h4-5,7-9H,2,6H2. The second-order valence-electron chi connectivity index (χ2n) is 3.00. The average Bonchev–Trinajstić information content (AvgIpc) is 2.29. The lowest BCUT2D eigenvalue weighted by atomic mass is 10.2. The number of rotatable bonds is 1. The lowest BCUT2D eigenvalue weighted by Crippen LogP contribution is -1.83. The van der Waals surface area contributed by atoms with Crippen molar-refractivity contribution in [1.82, 2.24) is 9.97 Å². The topological polar surface area (TPSA) is 25.8 Å². The Hall–Kier alpha value is -1.59. The number of fused-ring (bicyclic) bond motifs is 1. The fourth-order valence-corrected chi connectivity index (χ4v) is 1.35. The molecule has 0 amide bonds. The predicted octanol–water partition coefficient (Wildman–Crippen LogP) is 2.61. The molecule has 0 N–H and O–H groups in total. The lowest BCUT2D eigenvalue weighted by Gasteiger charge is -1.95. The Morgan fingerprint density at radius 3 is 2.73 bits per heavy atom. The van der Waals surface area contributed by atoms with Gasteiger partial charge in [0.2, 0.25) is 0 Å². The van der Waals surface area contributed by atoms with Gasteiger partial charge in [-0.2, -0.15) is 0 Å². The summed E-state index contributed by atoms with van der Waals surface area (Å²) in [7, 11) is 0. The zero-order valence-corrected chi connectivity index (χ0v) is 8.83. The number of benzene rings is 1. The van der Waals surface area contributed by atoms with Crippen molar-refractivity contribution in [2.75, 3.05) is 5.88 Å². The second kappa shape index (κ2) is 4.77. The zero-order valence-electron chi connectivity index (χ0n) is 8.07. The molecule has 15 heavy (non-hydrogen) atoms. The van der Waals surface area contributed by atoms with Gasteiger partial charge in [0, 0.05) is 30.3 Å². The van der Waals surface area contributed by atoms with E-state index in [4.69, 9.17) is 11.6 Å². The van der Waals surface area contributed by atoms with Crippen LogP contribution in [0.15, 0.2) is 30.6 Å². The number of alkyl halides is 1. The first kappa shape index (κ1) is 9.95. The van der Waals surface area contributed by atoms with Crippen molar-refractivity contribution in [3.63, 3.8) is 0 Å². The molecule has 2 aromatic rings. The van der Waals surface area contributed by atoms with Gasteiger partial charge in [-0.15, -0.1) is 11.6 Å². The van der Waals surface area contributed by atoms with Crippen LogP contribution in [0.1, 0.15) is 12.0 Å². The van der Waals surface area contributed by atoms with Crippen LogP contribution < -0.4 is 0 Å². The SMILES string of the molecule is ClCCC#Cc1ccc2nccnc2c1. The average molecular weight is 217 g/mol. The molecule has 0 aliphatic heterocycles. The third-order valence-electron chi connectivity index (χ3n) is 1.92. The van der Waals surface area contributed by atoms with Crippen LogP contribution in [0.3, 0.4) is 0 Å². The molecule has 0 radical (unpaired) electrons. The van der Waals surface area contributed by atoms with Gasteiger partial charge in [0.05, 0.1) is 11.0 Å². The van der Waals surface area contributed by atoms with Crippen molar-refractivity contribution >= 4 is 22.6 Å². The monoisotopic (exact) mass is 216 g/mol. The molecule has 0 spiro atoms. The van der Waals surface area contributed by atoms with Crippen LogP contribution in [0.25, 0.3) is 11.0 Å². The molecule has 0 unspecified atom stereocenters. The minimum Gasteiger partial charge on any atom is -0.253 e. The van der Waals surface area contributed by atoms with E-state index in [1.807, 2.05) is 18.2 Å². The summed E-state index contributed by atoms with van der Waals surface area (Å²) in [6.07, 6.45) is 4.07. The van der Waals surface area contributed by atoms with Crippen molar-refractivity contribution < 1.29 is 0 Å². The van der Waals surface area contributed by atoms with E-state index in [1.54, 1.807) is 12.4 Å². The molecule has 2 nitrogen and oxygen atoms in total. The van der Waals surface area contributed by atoms with Gasteiger partial charge in [-0.25, -0.2) is 0 Å². The van der Waals surface area contributed by atoms with Gasteiger partial charge in [-0.3, -0.25) is 9.97 Å². The molecule has 74 valence electrons. The molecule has 0 bridgehead atoms. The van der Waals surface area contributed by atoms with Gasteiger partial charge in [0.25, 0.3) is 0 Å². The van der Waals surface area contributed by atoms with Gasteiger partial charge in [-0.05, 0) is 18.2 Å².